The summed E-state index contributed by atoms with van der Waals surface area (Å²) < 4.78 is 43.5. The molecule has 0 aromatic heterocycles. The third-order valence-corrected chi connectivity index (χ3v) is 6.65. The molecule has 0 fully saturated rings. The van der Waals surface area contributed by atoms with Crippen molar-refractivity contribution in [3.8, 4) is 11.1 Å². The van der Waals surface area contributed by atoms with Gasteiger partial charge in [0.25, 0.3) is 0 Å². The van der Waals surface area contributed by atoms with Gasteiger partial charge >= 0.3 is 0 Å². The van der Waals surface area contributed by atoms with Crippen molar-refractivity contribution < 1.29 is 13.2 Å². The van der Waals surface area contributed by atoms with Gasteiger partial charge in [0, 0.05) is 10.9 Å². The van der Waals surface area contributed by atoms with Crippen LogP contribution in [0.4, 0.5) is 13.2 Å². The second-order valence-corrected chi connectivity index (χ2v) is 9.05. The Labute approximate surface area is 198 Å². The van der Waals surface area contributed by atoms with Gasteiger partial charge in [-0.3, -0.25) is 4.39 Å². The molecule has 0 bridgehead atoms. The molecule has 33 heavy (non-hydrogen) atoms. The van der Waals surface area contributed by atoms with E-state index in [2.05, 4.69) is 37.3 Å². The molecule has 170 valence electrons. The van der Waals surface area contributed by atoms with E-state index in [1.165, 1.54) is 28.5 Å². The first kappa shape index (κ1) is 23.4. The number of halogens is 4. The minimum atomic E-state index is -0.685. The molecule has 4 rings (SSSR count). The molecule has 0 N–H and O–H groups in total. The van der Waals surface area contributed by atoms with Gasteiger partial charge in [-0.2, -0.15) is 0 Å². The van der Waals surface area contributed by atoms with Crippen LogP contribution in [-0.2, 0) is 0 Å². The molecule has 0 aliphatic carbocycles. The Morgan fingerprint density at radius 2 is 1.48 bits per heavy atom. The lowest BCUT2D eigenvalue weighted by Crippen LogP contribution is -2.05. The molecule has 0 aliphatic heterocycles. The number of benzene rings is 4. The monoisotopic (exact) mass is 466 g/mol. The van der Waals surface area contributed by atoms with Gasteiger partial charge in [0.15, 0.2) is 0 Å². The molecule has 0 amide bonds. The zero-order valence-corrected chi connectivity index (χ0v) is 19.3. The summed E-state index contributed by atoms with van der Waals surface area (Å²) in [4.78, 5) is 0. The Morgan fingerprint density at radius 1 is 0.818 bits per heavy atom. The van der Waals surface area contributed by atoms with Gasteiger partial charge in [0.05, 0.1) is 12.2 Å². The summed E-state index contributed by atoms with van der Waals surface area (Å²) >= 11 is 5.87. The normalized spacial score (nSPS) is 13.2. The standard InChI is InChI=1S/C29H26ClF3/c1-19(25-11-5-8-20-7-2-3-10-26(20)25)6-4-9-22(18-31)23-16-27(32)29(28(33)17-23)21-12-14-24(30)15-13-21/h2-3,5,7-8,10-17,19,22H,4,6,9,18H2,1H3. The lowest BCUT2D eigenvalue weighted by molar-refractivity contribution is 0.400. The first-order valence-electron chi connectivity index (χ1n) is 11.3. The number of rotatable bonds is 8. The highest BCUT2D eigenvalue weighted by molar-refractivity contribution is 6.30. The minimum absolute atomic E-state index is 0.113. The van der Waals surface area contributed by atoms with Gasteiger partial charge in [-0.15, -0.1) is 0 Å². The average molecular weight is 467 g/mol. The van der Waals surface area contributed by atoms with E-state index < -0.39 is 24.2 Å². The van der Waals surface area contributed by atoms with E-state index in [0.717, 1.165) is 12.8 Å². The highest BCUT2D eigenvalue weighted by Crippen LogP contribution is 2.34. The molecule has 0 nitrogen and oxygen atoms in total. The van der Waals surface area contributed by atoms with Crippen LogP contribution in [0.3, 0.4) is 0 Å². The number of alkyl halides is 1. The fraction of sp³-hybridized carbons (Fsp3) is 0.241. The van der Waals surface area contributed by atoms with E-state index in [1.54, 1.807) is 24.3 Å². The molecule has 0 aliphatic rings. The van der Waals surface area contributed by atoms with Crippen LogP contribution in [0.25, 0.3) is 21.9 Å². The summed E-state index contributed by atoms with van der Waals surface area (Å²) in [6, 6.07) is 23.4. The van der Waals surface area contributed by atoms with Crippen molar-refractivity contribution in [3.63, 3.8) is 0 Å². The molecule has 4 heteroatoms. The molecular formula is C29H26ClF3. The van der Waals surface area contributed by atoms with Crippen LogP contribution < -0.4 is 0 Å². The molecule has 0 radical (unpaired) electrons. The van der Waals surface area contributed by atoms with Crippen LogP contribution in [0, 0.1) is 11.6 Å². The first-order valence-corrected chi connectivity index (χ1v) is 11.6. The van der Waals surface area contributed by atoms with Gasteiger partial charge in [-0.25, -0.2) is 8.78 Å². The van der Waals surface area contributed by atoms with Gasteiger partial charge in [0.2, 0.25) is 0 Å². The van der Waals surface area contributed by atoms with Crippen LogP contribution in [-0.4, -0.2) is 6.67 Å². The van der Waals surface area contributed by atoms with Crippen molar-refractivity contribution in [2.24, 2.45) is 0 Å². The molecule has 4 aromatic carbocycles. The van der Waals surface area contributed by atoms with E-state index in [9.17, 15) is 13.2 Å². The predicted octanol–water partition coefficient (Wildman–Crippen LogP) is 9.47. The maximum atomic E-state index is 14.8. The summed E-state index contributed by atoms with van der Waals surface area (Å²) in [5.41, 5.74) is 1.93. The van der Waals surface area contributed by atoms with E-state index in [4.69, 9.17) is 11.6 Å². The molecule has 0 heterocycles. The smallest absolute Gasteiger partial charge is 0.134 e. The van der Waals surface area contributed by atoms with Crippen LogP contribution in [0.2, 0.25) is 5.02 Å². The summed E-state index contributed by atoms with van der Waals surface area (Å²) in [7, 11) is 0. The lowest BCUT2D eigenvalue weighted by Gasteiger charge is -2.18. The van der Waals surface area contributed by atoms with Crippen LogP contribution in [0.1, 0.15) is 49.1 Å². The van der Waals surface area contributed by atoms with Gasteiger partial charge < -0.3 is 0 Å². The Kier molecular flexibility index (Phi) is 7.39. The van der Waals surface area contributed by atoms with Crippen molar-refractivity contribution in [1.82, 2.24) is 0 Å². The second kappa shape index (κ2) is 10.4. The minimum Gasteiger partial charge on any atom is -0.250 e. The highest BCUT2D eigenvalue weighted by Gasteiger charge is 2.19. The first-order chi connectivity index (χ1) is 16.0. The van der Waals surface area contributed by atoms with Crippen molar-refractivity contribution in [1.29, 1.82) is 0 Å². The zero-order chi connectivity index (χ0) is 23.4. The largest absolute Gasteiger partial charge is 0.250 e. The highest BCUT2D eigenvalue weighted by atomic mass is 35.5. The van der Waals surface area contributed by atoms with Crippen molar-refractivity contribution in [3.05, 3.63) is 107 Å². The molecule has 0 saturated heterocycles. The predicted molar refractivity (Wildman–Crippen MR) is 132 cm³/mol. The summed E-state index contributed by atoms with van der Waals surface area (Å²) in [5, 5.41) is 2.93. The molecule has 4 aromatic rings. The third kappa shape index (κ3) is 5.25. The summed E-state index contributed by atoms with van der Waals surface area (Å²) in [5.74, 6) is -1.60. The molecule has 0 saturated carbocycles. The van der Waals surface area contributed by atoms with E-state index in [0.29, 0.717) is 28.5 Å². The van der Waals surface area contributed by atoms with Crippen LogP contribution >= 0.6 is 11.6 Å². The van der Waals surface area contributed by atoms with E-state index in [1.807, 2.05) is 12.1 Å². The van der Waals surface area contributed by atoms with Crippen molar-refractivity contribution in [2.75, 3.05) is 6.67 Å². The maximum absolute atomic E-state index is 14.8. The fourth-order valence-corrected chi connectivity index (χ4v) is 4.69. The van der Waals surface area contributed by atoms with Crippen LogP contribution in [0.15, 0.2) is 78.9 Å². The average Bonchev–Trinajstić information content (AvgIpc) is 2.82. The molecule has 0 spiro atoms. The zero-order valence-electron chi connectivity index (χ0n) is 18.5. The maximum Gasteiger partial charge on any atom is 0.134 e. The van der Waals surface area contributed by atoms with Crippen LogP contribution in [0.5, 0.6) is 0 Å². The SMILES string of the molecule is CC(CCCC(CF)c1cc(F)c(-c2ccc(Cl)cc2)c(F)c1)c1cccc2ccccc12. The number of hydrogen-bond acceptors (Lipinski definition) is 0. The van der Waals surface area contributed by atoms with Gasteiger partial charge in [-0.05, 0) is 70.5 Å². The number of hydrogen-bond donors (Lipinski definition) is 0. The van der Waals surface area contributed by atoms with Crippen molar-refractivity contribution >= 4 is 22.4 Å². The topological polar surface area (TPSA) is 0 Å². The van der Waals surface area contributed by atoms with E-state index >= 15 is 0 Å². The molecular weight excluding hydrogens is 441 g/mol. The quantitative estimate of drug-likeness (QED) is 0.242. The molecule has 2 atom stereocenters. The second-order valence-electron chi connectivity index (χ2n) is 8.62. The van der Waals surface area contributed by atoms with E-state index in [-0.39, 0.29) is 5.56 Å². The Balaban J connectivity index is 1.46. The Bertz CT molecular complexity index is 1210. The number of fused-ring (bicyclic) bond motifs is 1. The van der Waals surface area contributed by atoms with Gasteiger partial charge in [-0.1, -0.05) is 79.5 Å². The lowest BCUT2D eigenvalue weighted by atomic mass is 9.87. The van der Waals surface area contributed by atoms with Gasteiger partial charge in [0.1, 0.15) is 11.6 Å². The Hall–Kier alpha value is -2.78. The summed E-state index contributed by atoms with van der Waals surface area (Å²) in [6.45, 7) is 1.52. The third-order valence-electron chi connectivity index (χ3n) is 6.40. The Morgan fingerprint density at radius 3 is 2.18 bits per heavy atom. The summed E-state index contributed by atoms with van der Waals surface area (Å²) in [6.07, 6.45) is 2.17. The fourth-order valence-electron chi connectivity index (χ4n) is 4.56. The molecule has 2 unspecified atom stereocenters. The van der Waals surface area contributed by atoms with Crippen molar-refractivity contribution in [2.45, 2.75) is 38.0 Å².